The Morgan fingerprint density at radius 2 is 1.68 bits per heavy atom. The number of rotatable bonds is 4. The van der Waals surface area contributed by atoms with Gasteiger partial charge in [-0.15, -0.1) is 0 Å². The summed E-state index contributed by atoms with van der Waals surface area (Å²) in [5, 5.41) is 5.88. The minimum Gasteiger partial charge on any atom is -0.372 e. The molecule has 0 saturated carbocycles. The van der Waals surface area contributed by atoms with Crippen molar-refractivity contribution in [2.24, 2.45) is 5.92 Å². The van der Waals surface area contributed by atoms with Crippen molar-refractivity contribution in [1.82, 2.24) is 5.32 Å². The second kappa shape index (κ2) is 8.06. The second-order valence-corrected chi connectivity index (χ2v) is 6.95. The molecule has 1 aliphatic heterocycles. The smallest absolute Gasteiger partial charge is 0.319 e. The van der Waals surface area contributed by atoms with E-state index in [0.717, 1.165) is 30.3 Å². The standard InChI is InChI=1S/C21H27N3O/c1-16-12-14-24(15-13-16)20-10-8-19(9-11-20)23-21(25)22-17(2)18-6-4-3-5-7-18/h3-11,16-17H,12-15H2,1-2H3,(H2,22,23,25). The predicted molar refractivity (Wildman–Crippen MR) is 104 cm³/mol. The number of nitrogens with zero attached hydrogens (tertiary/aromatic N) is 1. The largest absolute Gasteiger partial charge is 0.372 e. The van der Waals surface area contributed by atoms with Crippen LogP contribution in [0.3, 0.4) is 0 Å². The van der Waals surface area contributed by atoms with Crippen molar-refractivity contribution in [2.45, 2.75) is 32.7 Å². The Hall–Kier alpha value is -2.49. The average Bonchev–Trinajstić information content (AvgIpc) is 2.64. The van der Waals surface area contributed by atoms with E-state index >= 15 is 0 Å². The van der Waals surface area contributed by atoms with Crippen molar-refractivity contribution in [3.05, 3.63) is 60.2 Å². The molecule has 1 heterocycles. The van der Waals surface area contributed by atoms with Crippen molar-refractivity contribution in [2.75, 3.05) is 23.3 Å². The molecule has 1 fully saturated rings. The SMILES string of the molecule is CC1CCN(c2ccc(NC(=O)NC(C)c3ccccc3)cc2)CC1. The van der Waals surface area contributed by atoms with E-state index in [1.54, 1.807) is 0 Å². The number of hydrogen-bond donors (Lipinski definition) is 2. The van der Waals surface area contributed by atoms with Crippen LogP contribution >= 0.6 is 0 Å². The number of hydrogen-bond acceptors (Lipinski definition) is 2. The number of carbonyl (C=O) groups excluding carboxylic acids is 1. The van der Waals surface area contributed by atoms with Gasteiger partial charge in [0.05, 0.1) is 6.04 Å². The fraction of sp³-hybridized carbons (Fsp3) is 0.381. The van der Waals surface area contributed by atoms with Crippen molar-refractivity contribution in [3.8, 4) is 0 Å². The van der Waals surface area contributed by atoms with E-state index in [0.29, 0.717) is 0 Å². The van der Waals surface area contributed by atoms with Gasteiger partial charge in [0.25, 0.3) is 0 Å². The van der Waals surface area contributed by atoms with Gasteiger partial charge in [0.2, 0.25) is 0 Å². The third-order valence-corrected chi connectivity index (χ3v) is 4.92. The quantitative estimate of drug-likeness (QED) is 0.841. The molecule has 0 bridgehead atoms. The van der Waals surface area contributed by atoms with Crippen molar-refractivity contribution in [3.63, 3.8) is 0 Å². The predicted octanol–water partition coefficient (Wildman–Crippen LogP) is 4.81. The molecule has 1 saturated heterocycles. The summed E-state index contributed by atoms with van der Waals surface area (Å²) in [7, 11) is 0. The van der Waals surface area contributed by atoms with Gasteiger partial charge in [-0.05, 0) is 55.5 Å². The molecule has 0 aliphatic carbocycles. The molecule has 132 valence electrons. The van der Waals surface area contributed by atoms with Gasteiger partial charge in [-0.25, -0.2) is 4.79 Å². The molecule has 2 aromatic rings. The first-order valence-electron chi connectivity index (χ1n) is 9.09. The van der Waals surface area contributed by atoms with Crippen LogP contribution in [0.2, 0.25) is 0 Å². The van der Waals surface area contributed by atoms with Gasteiger partial charge >= 0.3 is 6.03 Å². The van der Waals surface area contributed by atoms with E-state index in [2.05, 4.69) is 34.6 Å². The van der Waals surface area contributed by atoms with Gasteiger partial charge in [0, 0.05) is 24.5 Å². The van der Waals surface area contributed by atoms with Crippen molar-refractivity contribution in [1.29, 1.82) is 0 Å². The highest BCUT2D eigenvalue weighted by atomic mass is 16.2. The van der Waals surface area contributed by atoms with E-state index in [1.807, 2.05) is 49.4 Å². The van der Waals surface area contributed by atoms with E-state index in [9.17, 15) is 4.79 Å². The van der Waals surface area contributed by atoms with Crippen LogP contribution in [0.4, 0.5) is 16.2 Å². The summed E-state index contributed by atoms with van der Waals surface area (Å²) in [6.07, 6.45) is 2.50. The number of benzene rings is 2. The summed E-state index contributed by atoms with van der Waals surface area (Å²) in [5.74, 6) is 0.826. The molecule has 0 aromatic heterocycles. The molecule has 3 rings (SSSR count). The molecular weight excluding hydrogens is 310 g/mol. The summed E-state index contributed by atoms with van der Waals surface area (Å²) < 4.78 is 0. The highest BCUT2D eigenvalue weighted by Gasteiger charge is 2.16. The monoisotopic (exact) mass is 337 g/mol. The van der Waals surface area contributed by atoms with Crippen LogP contribution in [0.25, 0.3) is 0 Å². The molecule has 2 amide bonds. The number of carbonyl (C=O) groups is 1. The molecule has 2 aromatic carbocycles. The molecule has 1 atom stereocenters. The van der Waals surface area contributed by atoms with Crippen molar-refractivity contribution < 1.29 is 4.79 Å². The highest BCUT2D eigenvalue weighted by Crippen LogP contribution is 2.24. The molecule has 0 radical (unpaired) electrons. The Kier molecular flexibility index (Phi) is 5.59. The number of urea groups is 1. The molecule has 4 heteroatoms. The zero-order chi connectivity index (χ0) is 17.6. The Morgan fingerprint density at radius 3 is 2.32 bits per heavy atom. The Balaban J connectivity index is 1.53. The number of nitrogens with one attached hydrogen (secondary N) is 2. The first kappa shape index (κ1) is 17.3. The van der Waals surface area contributed by atoms with Crippen LogP contribution in [0, 0.1) is 5.92 Å². The van der Waals surface area contributed by atoms with Gasteiger partial charge < -0.3 is 15.5 Å². The number of anilines is 2. The lowest BCUT2D eigenvalue weighted by Crippen LogP contribution is -2.33. The fourth-order valence-corrected chi connectivity index (χ4v) is 3.21. The Morgan fingerprint density at radius 1 is 1.04 bits per heavy atom. The number of piperidine rings is 1. The third kappa shape index (κ3) is 4.75. The molecule has 0 spiro atoms. The van der Waals surface area contributed by atoms with Gasteiger partial charge in [0.1, 0.15) is 0 Å². The van der Waals surface area contributed by atoms with Gasteiger partial charge in [-0.2, -0.15) is 0 Å². The average molecular weight is 337 g/mol. The van der Waals surface area contributed by atoms with Crippen LogP contribution in [0.1, 0.15) is 38.3 Å². The minimum absolute atomic E-state index is 0.0317. The van der Waals surface area contributed by atoms with Crippen LogP contribution in [-0.4, -0.2) is 19.1 Å². The van der Waals surface area contributed by atoms with Crippen LogP contribution in [0.5, 0.6) is 0 Å². The summed E-state index contributed by atoms with van der Waals surface area (Å²) in [6, 6.07) is 17.9. The lowest BCUT2D eigenvalue weighted by Gasteiger charge is -2.32. The first-order chi connectivity index (χ1) is 12.1. The number of amides is 2. The lowest BCUT2D eigenvalue weighted by atomic mass is 9.99. The molecule has 25 heavy (non-hydrogen) atoms. The highest BCUT2D eigenvalue weighted by molar-refractivity contribution is 5.89. The zero-order valence-corrected chi connectivity index (χ0v) is 15.0. The third-order valence-electron chi connectivity index (χ3n) is 4.92. The molecule has 4 nitrogen and oxygen atoms in total. The maximum Gasteiger partial charge on any atom is 0.319 e. The second-order valence-electron chi connectivity index (χ2n) is 6.95. The van der Waals surface area contributed by atoms with Crippen LogP contribution in [-0.2, 0) is 0 Å². The van der Waals surface area contributed by atoms with E-state index < -0.39 is 0 Å². The van der Waals surface area contributed by atoms with E-state index in [1.165, 1.54) is 18.5 Å². The van der Waals surface area contributed by atoms with Gasteiger partial charge in [-0.1, -0.05) is 37.3 Å². The normalized spacial score (nSPS) is 16.3. The maximum absolute atomic E-state index is 12.2. The summed E-state index contributed by atoms with van der Waals surface area (Å²) in [6.45, 7) is 6.53. The first-order valence-corrected chi connectivity index (χ1v) is 9.09. The van der Waals surface area contributed by atoms with Gasteiger partial charge in [0.15, 0.2) is 0 Å². The van der Waals surface area contributed by atoms with Crippen LogP contribution in [0.15, 0.2) is 54.6 Å². The molecule has 1 aliphatic rings. The topological polar surface area (TPSA) is 44.4 Å². The molecule has 1 unspecified atom stereocenters. The summed E-state index contributed by atoms with van der Waals surface area (Å²) in [4.78, 5) is 14.6. The fourth-order valence-electron chi connectivity index (χ4n) is 3.21. The Labute approximate surface area is 150 Å². The maximum atomic E-state index is 12.2. The van der Waals surface area contributed by atoms with Crippen LogP contribution < -0.4 is 15.5 Å². The molecular formula is C21H27N3O. The lowest BCUT2D eigenvalue weighted by molar-refractivity contribution is 0.249. The van der Waals surface area contributed by atoms with E-state index in [4.69, 9.17) is 0 Å². The molecule has 2 N–H and O–H groups in total. The van der Waals surface area contributed by atoms with E-state index in [-0.39, 0.29) is 12.1 Å². The van der Waals surface area contributed by atoms with Crippen molar-refractivity contribution >= 4 is 17.4 Å². The minimum atomic E-state index is -0.184. The zero-order valence-electron chi connectivity index (χ0n) is 15.0. The Bertz CT molecular complexity index is 676. The summed E-state index contributed by atoms with van der Waals surface area (Å²) >= 11 is 0. The summed E-state index contributed by atoms with van der Waals surface area (Å²) in [5.41, 5.74) is 3.13. The van der Waals surface area contributed by atoms with Gasteiger partial charge in [-0.3, -0.25) is 0 Å².